The molecule has 0 fully saturated rings. The number of hydrogen-bond donors (Lipinski definition) is 0. The van der Waals surface area contributed by atoms with Crippen LogP contribution in [0, 0.1) is 23.0 Å². The largest absolute Gasteiger partial charge is 0.466 e. The minimum Gasteiger partial charge on any atom is -0.466 e. The van der Waals surface area contributed by atoms with Gasteiger partial charge in [0, 0.05) is 36.7 Å². The van der Waals surface area contributed by atoms with Crippen LogP contribution in [-0.4, -0.2) is 55.9 Å². The van der Waals surface area contributed by atoms with Gasteiger partial charge in [-0.15, -0.1) is 0 Å². The highest BCUT2D eigenvalue weighted by molar-refractivity contribution is 7.89. The summed E-state index contributed by atoms with van der Waals surface area (Å²) < 4.78 is 38.8. The van der Waals surface area contributed by atoms with E-state index in [1.165, 1.54) is 18.2 Å². The molecule has 0 amide bonds. The molecule has 0 bridgehead atoms. The molecule has 0 N–H and O–H groups in total. The molecule has 11 heteroatoms. The molecular weight excluding hydrogens is 488 g/mol. The van der Waals surface area contributed by atoms with Crippen LogP contribution in [0.3, 0.4) is 0 Å². The first kappa shape index (κ1) is 27.0. The summed E-state index contributed by atoms with van der Waals surface area (Å²) in [5.74, 6) is -3.22. The lowest BCUT2D eigenvalue weighted by molar-refractivity contribution is -0.384. The lowest BCUT2D eigenvalue weighted by Gasteiger charge is -2.29. The third kappa shape index (κ3) is 5.80. The molecule has 2 atom stereocenters. The average molecular weight is 517 g/mol. The van der Waals surface area contributed by atoms with Gasteiger partial charge < -0.3 is 9.47 Å². The molecule has 0 spiro atoms. The lowest BCUT2D eigenvalue weighted by Crippen LogP contribution is -2.37. The van der Waals surface area contributed by atoms with Gasteiger partial charge in [0.15, 0.2) is 0 Å². The number of aryl methyl sites for hydroxylation is 1. The Hall–Kier alpha value is -3.57. The van der Waals surface area contributed by atoms with E-state index >= 15 is 0 Å². The third-order valence-electron chi connectivity index (χ3n) is 5.86. The fourth-order valence-corrected chi connectivity index (χ4v) is 5.58. The number of carbonyl (C=O) groups is 2. The van der Waals surface area contributed by atoms with Crippen LogP contribution in [-0.2, 0) is 29.1 Å². The lowest BCUT2D eigenvalue weighted by atomic mass is 9.81. The number of rotatable bonds is 8. The van der Waals surface area contributed by atoms with Crippen molar-refractivity contribution in [3.63, 3.8) is 0 Å². The first-order chi connectivity index (χ1) is 17.1. The normalized spacial score (nSPS) is 18.6. The van der Waals surface area contributed by atoms with Crippen molar-refractivity contribution in [2.45, 2.75) is 31.6 Å². The Kier molecular flexibility index (Phi) is 8.59. The molecule has 192 valence electrons. The number of benzene rings is 2. The highest BCUT2D eigenvalue weighted by Gasteiger charge is 2.42. The van der Waals surface area contributed by atoms with Crippen LogP contribution >= 0.6 is 0 Å². The van der Waals surface area contributed by atoms with E-state index in [1.54, 1.807) is 26.0 Å². The minimum atomic E-state index is -4.14. The van der Waals surface area contributed by atoms with Crippen LogP contribution in [0.15, 0.2) is 65.1 Å². The van der Waals surface area contributed by atoms with Crippen molar-refractivity contribution in [1.29, 1.82) is 0 Å². The van der Waals surface area contributed by atoms with Crippen LogP contribution in [0.25, 0.3) is 0 Å². The third-order valence-corrected chi connectivity index (χ3v) is 7.71. The van der Waals surface area contributed by atoms with Gasteiger partial charge in [0.25, 0.3) is 5.69 Å². The Bertz CT molecular complexity index is 1270. The van der Waals surface area contributed by atoms with Crippen molar-refractivity contribution in [2.75, 3.05) is 26.3 Å². The second kappa shape index (κ2) is 11.4. The highest BCUT2D eigenvalue weighted by atomic mass is 32.2. The summed E-state index contributed by atoms with van der Waals surface area (Å²) in [4.78, 5) is 36.3. The zero-order chi connectivity index (χ0) is 26.5. The molecule has 1 aliphatic rings. The SMILES string of the molecule is CCOC(=O)C1=CCN(S(=O)(=O)c2ccc([N+](=O)[O-])cc2)CC(c2cccc(C)c2)C1C(=O)OCC. The molecule has 36 heavy (non-hydrogen) atoms. The fourth-order valence-electron chi connectivity index (χ4n) is 4.17. The van der Waals surface area contributed by atoms with E-state index in [2.05, 4.69) is 0 Å². The number of ether oxygens (including phenoxy) is 2. The van der Waals surface area contributed by atoms with E-state index in [9.17, 15) is 28.1 Å². The van der Waals surface area contributed by atoms with Gasteiger partial charge in [-0.05, 0) is 38.5 Å². The molecule has 2 unspecified atom stereocenters. The fraction of sp³-hybridized carbons (Fsp3) is 0.360. The van der Waals surface area contributed by atoms with Crippen LogP contribution in [0.5, 0.6) is 0 Å². The van der Waals surface area contributed by atoms with Crippen LogP contribution in [0.1, 0.15) is 30.9 Å². The molecule has 3 rings (SSSR count). The second-order valence-corrected chi connectivity index (χ2v) is 10.1. The van der Waals surface area contributed by atoms with E-state index in [-0.39, 0.29) is 42.5 Å². The molecule has 0 aliphatic carbocycles. The maximum absolute atomic E-state index is 13.6. The van der Waals surface area contributed by atoms with Crippen molar-refractivity contribution >= 4 is 27.6 Å². The van der Waals surface area contributed by atoms with Gasteiger partial charge in [-0.2, -0.15) is 4.31 Å². The van der Waals surface area contributed by atoms with Crippen molar-refractivity contribution in [3.05, 3.63) is 81.4 Å². The van der Waals surface area contributed by atoms with E-state index in [1.807, 2.05) is 19.1 Å². The van der Waals surface area contributed by atoms with Crippen molar-refractivity contribution in [3.8, 4) is 0 Å². The van der Waals surface area contributed by atoms with Crippen molar-refractivity contribution < 1.29 is 32.4 Å². The Morgan fingerprint density at radius 3 is 2.33 bits per heavy atom. The number of nitro benzene ring substituents is 1. The van der Waals surface area contributed by atoms with E-state index in [0.717, 1.165) is 22.0 Å². The Morgan fingerprint density at radius 2 is 1.75 bits per heavy atom. The zero-order valence-electron chi connectivity index (χ0n) is 20.2. The highest BCUT2D eigenvalue weighted by Crippen LogP contribution is 2.37. The van der Waals surface area contributed by atoms with Gasteiger partial charge in [0.2, 0.25) is 10.0 Å². The molecule has 1 heterocycles. The van der Waals surface area contributed by atoms with E-state index in [4.69, 9.17) is 9.47 Å². The number of nitro groups is 1. The zero-order valence-corrected chi connectivity index (χ0v) is 21.1. The van der Waals surface area contributed by atoms with Gasteiger partial charge >= 0.3 is 11.9 Å². The molecule has 10 nitrogen and oxygen atoms in total. The number of non-ortho nitro benzene ring substituents is 1. The average Bonchev–Trinajstić information content (AvgIpc) is 3.05. The van der Waals surface area contributed by atoms with Crippen LogP contribution in [0.2, 0.25) is 0 Å². The maximum Gasteiger partial charge on any atom is 0.334 e. The smallest absolute Gasteiger partial charge is 0.334 e. The van der Waals surface area contributed by atoms with Crippen LogP contribution < -0.4 is 0 Å². The Balaban J connectivity index is 2.14. The predicted octanol–water partition coefficient (Wildman–Crippen LogP) is 3.36. The van der Waals surface area contributed by atoms with Gasteiger partial charge in [-0.1, -0.05) is 35.9 Å². The summed E-state index contributed by atoms with van der Waals surface area (Å²) >= 11 is 0. The minimum absolute atomic E-state index is 0.0307. The topological polar surface area (TPSA) is 133 Å². The summed E-state index contributed by atoms with van der Waals surface area (Å²) in [6.07, 6.45) is 1.39. The standard InChI is InChI=1S/C25H28N2O8S/c1-4-34-24(28)21-13-14-26(36(32,33)20-11-9-19(10-12-20)27(30)31)16-22(23(21)25(29)35-5-2)18-8-6-7-17(3)15-18/h6-13,15,22-23H,4-5,14,16H2,1-3H3. The first-order valence-corrected chi connectivity index (χ1v) is 12.9. The number of sulfonamides is 1. The molecule has 0 saturated carbocycles. The summed E-state index contributed by atoms with van der Waals surface area (Å²) in [7, 11) is -4.14. The summed E-state index contributed by atoms with van der Waals surface area (Å²) in [5.41, 5.74) is 1.34. The Labute approximate surface area is 209 Å². The Morgan fingerprint density at radius 1 is 1.08 bits per heavy atom. The predicted molar refractivity (Wildman–Crippen MR) is 131 cm³/mol. The molecule has 0 aromatic heterocycles. The van der Waals surface area contributed by atoms with E-state index in [0.29, 0.717) is 5.56 Å². The van der Waals surface area contributed by atoms with Gasteiger partial charge in [0.1, 0.15) is 0 Å². The number of nitrogens with zero attached hydrogens (tertiary/aromatic N) is 2. The molecule has 2 aromatic carbocycles. The molecular formula is C25H28N2O8S. The van der Waals surface area contributed by atoms with Gasteiger partial charge in [0.05, 0.1) is 29.0 Å². The number of carbonyl (C=O) groups excluding carboxylic acids is 2. The molecule has 2 aromatic rings. The monoisotopic (exact) mass is 516 g/mol. The molecule has 1 aliphatic heterocycles. The van der Waals surface area contributed by atoms with Crippen molar-refractivity contribution in [1.82, 2.24) is 4.31 Å². The first-order valence-electron chi connectivity index (χ1n) is 11.4. The molecule has 0 radical (unpaired) electrons. The number of esters is 2. The van der Waals surface area contributed by atoms with Gasteiger partial charge in [-0.3, -0.25) is 14.9 Å². The number of hydrogen-bond acceptors (Lipinski definition) is 8. The van der Waals surface area contributed by atoms with Crippen molar-refractivity contribution in [2.24, 2.45) is 5.92 Å². The summed E-state index contributed by atoms with van der Waals surface area (Å²) in [5, 5.41) is 11.0. The maximum atomic E-state index is 13.6. The summed E-state index contributed by atoms with van der Waals surface area (Å²) in [6.45, 7) is 4.97. The van der Waals surface area contributed by atoms with E-state index < -0.39 is 38.7 Å². The quantitative estimate of drug-likeness (QED) is 0.296. The van der Waals surface area contributed by atoms with Gasteiger partial charge in [-0.25, -0.2) is 13.2 Å². The second-order valence-electron chi connectivity index (χ2n) is 8.20. The molecule has 0 saturated heterocycles. The van der Waals surface area contributed by atoms with Crippen LogP contribution in [0.4, 0.5) is 5.69 Å². The summed E-state index contributed by atoms with van der Waals surface area (Å²) in [6, 6.07) is 11.8.